The Bertz CT molecular complexity index is 3290. The molecule has 35 nitrogen and oxygen atoms in total. The molecule has 2 aliphatic heterocycles. The first-order chi connectivity index (χ1) is 48.3. The molecule has 2 spiro atoms. The maximum absolute atomic E-state index is 13.1. The van der Waals surface area contributed by atoms with Crippen LogP contribution in [0.2, 0.25) is 0 Å². The summed E-state index contributed by atoms with van der Waals surface area (Å²) in [6, 6.07) is 0. The summed E-state index contributed by atoms with van der Waals surface area (Å²) in [7, 11) is -11.1. The zero-order valence-electron chi connectivity index (χ0n) is 57.6. The fraction of sp³-hybridized carbons (Fsp3) is 0.844. The summed E-state index contributed by atoms with van der Waals surface area (Å²) in [4.78, 5) is 75.2. The largest absolute Gasteiger partial charge is 0.691 e. The molecule has 8 saturated carbocycles. The lowest BCUT2D eigenvalue weighted by Gasteiger charge is -2.62. The van der Waals surface area contributed by atoms with Crippen molar-refractivity contribution in [3.05, 3.63) is 24.3 Å². The zero-order chi connectivity index (χ0) is 75.6. The second kappa shape index (κ2) is 34.0. The van der Waals surface area contributed by atoms with Gasteiger partial charge in [0.15, 0.2) is 55.5 Å². The fourth-order valence-corrected chi connectivity index (χ4v) is 21.7. The number of carboxylic acids is 3. The van der Waals surface area contributed by atoms with Crippen LogP contribution < -0.4 is 10.5 Å². The predicted octanol–water partition coefficient (Wildman–Crippen LogP) is 3.72. The van der Waals surface area contributed by atoms with E-state index >= 15 is 0 Å². The van der Waals surface area contributed by atoms with Gasteiger partial charge in [-0.2, -0.15) is 16.8 Å². The van der Waals surface area contributed by atoms with Gasteiger partial charge in [-0.1, -0.05) is 54.7 Å². The van der Waals surface area contributed by atoms with Gasteiger partial charge in [0.2, 0.25) is 0 Å². The van der Waals surface area contributed by atoms with Crippen LogP contribution in [0.3, 0.4) is 0 Å². The Balaban J connectivity index is 0.000000241. The van der Waals surface area contributed by atoms with E-state index in [4.69, 9.17) is 55.0 Å². The molecule has 2 saturated heterocycles. The number of aliphatic hydroxyl groups excluding tert-OH is 3. The smallest absolute Gasteiger partial charge is 0.397 e. The number of aliphatic hydroxyl groups is 3. The molecule has 8 N–H and O–H groups in total. The molecule has 586 valence electrons. The lowest BCUT2D eigenvalue weighted by molar-refractivity contribution is -0.778. The molecule has 0 aromatic heterocycles. The number of rotatable bonds is 30. The summed E-state index contributed by atoms with van der Waals surface area (Å²) < 4.78 is 139. The normalized spacial score (nSPS) is 40.5. The van der Waals surface area contributed by atoms with Crippen LogP contribution in [0.1, 0.15) is 157 Å². The third-order valence-electron chi connectivity index (χ3n) is 23.7. The van der Waals surface area contributed by atoms with Gasteiger partial charge in [0.25, 0.3) is 0 Å². The summed E-state index contributed by atoms with van der Waals surface area (Å²) in [5.41, 5.74) is -0.542. The van der Waals surface area contributed by atoms with E-state index in [1.54, 1.807) is 13.8 Å². The van der Waals surface area contributed by atoms with Crippen LogP contribution in [0.15, 0.2) is 24.3 Å². The van der Waals surface area contributed by atoms with E-state index in [1.165, 1.54) is 0 Å². The highest BCUT2D eigenvalue weighted by molar-refractivity contribution is 7.90. The van der Waals surface area contributed by atoms with Gasteiger partial charge in [0.05, 0.1) is 55.7 Å². The van der Waals surface area contributed by atoms with Crippen LogP contribution in [0.25, 0.3) is 0 Å². The van der Waals surface area contributed by atoms with E-state index in [-0.39, 0.29) is 110 Å². The number of fused-ring (bicyclic) bond motifs is 6. The molecule has 103 heavy (non-hydrogen) atoms. The van der Waals surface area contributed by atoms with Crippen molar-refractivity contribution in [1.29, 1.82) is 0 Å². The third kappa shape index (κ3) is 18.4. The van der Waals surface area contributed by atoms with Crippen molar-refractivity contribution in [2.24, 2.45) is 80.8 Å². The van der Waals surface area contributed by atoms with E-state index < -0.39 is 197 Å². The van der Waals surface area contributed by atoms with Crippen molar-refractivity contribution in [2.75, 3.05) is 13.2 Å². The van der Waals surface area contributed by atoms with Gasteiger partial charge < -0.3 is 74.3 Å². The maximum Gasteiger partial charge on any atom is 0.397 e. The summed E-state index contributed by atoms with van der Waals surface area (Å²) in [6.07, 6.45) is -14.2. The standard InChI is InChI=1S/C34H50O19S2.C30H46O16S2/c1-16(2)11-26(38)51-29-28(53-55(45,46)47)27(52-54(42,43)44)22(15-48-25(37)8-7-24(35)36)50-32(29)49-19-12-20(31(40)41)21-9-10-34-13-18(17(3)30(34)39)5-6-23(34)33(21,4)14-19;1-14(2)9-22(32)40-25-24(42-48-46-44-37)23(41-47-45-43-36)20(13-31)39-28(25)38-17-10-18(27(34)35)19-7-8-30-11-16(15(3)26(30)33)5-6-21(30)29(19,4)12-17/h16,18-23,27-30,32,39H,3,5-15H2,1-2,4H3,(H,35,36)(H,40,41)(H,42,43,44)(H,45,46,47);14,16-21,23-26,28,31,33,36-37H,3,5-13H2,1-2,4H3,(H,34,35)/p-2/t18?,19?,20?,21?,22-,23?,27+,28?,29?,30-,32?,33?,34?;16?,17?,18?,19?,20-,21?,23+,24?,25?,26-,28?,29?,30?/m00/s1. The molecule has 26 atom stereocenters. The van der Waals surface area contributed by atoms with Gasteiger partial charge in [-0.15, -0.1) is 8.67 Å². The fourth-order valence-electron chi connectivity index (χ4n) is 20.0. The molecule has 10 aliphatic rings. The zero-order valence-corrected chi connectivity index (χ0v) is 60.9. The summed E-state index contributed by atoms with van der Waals surface area (Å²) in [5.74, 6) is -8.48. The second-order valence-corrected chi connectivity index (χ2v) is 33.6. The SMILES string of the molecule is C=C1C2CCC3C4(C)CC(OC5O[C@@H](CO)[C@@H](OSOO[O-])C(OSOO[O-])C5OC(=O)CC(C)C)CC(C(=O)O)C4CCC3(C2)[C@H]1O.C=C1C2CCC3C4(C)CC(OC5O[C@@H](COC(=O)CCC(=O)O)[C@@H](OS(=O)(=O)O)C(OS(=O)(=O)O)C5OC(=O)CC(C)C)CC(C(=O)O)C4CCC3(C2)[C@H]1O. The topological polar surface area (TPSA) is 517 Å². The number of esters is 3. The van der Waals surface area contributed by atoms with Crippen molar-refractivity contribution in [3.8, 4) is 0 Å². The monoisotopic (exact) mass is 1550 g/mol. The van der Waals surface area contributed by atoms with Gasteiger partial charge in [-0.05, 0) is 159 Å². The maximum atomic E-state index is 13.1. The van der Waals surface area contributed by atoms with Crippen molar-refractivity contribution in [2.45, 2.75) is 243 Å². The number of aliphatic carboxylic acids is 3. The quantitative estimate of drug-likeness (QED) is 0.00584. The Labute approximate surface area is 604 Å². The van der Waals surface area contributed by atoms with E-state index in [0.29, 0.717) is 38.5 Å². The Kier molecular flexibility index (Phi) is 27.4. The molecule has 0 aromatic rings. The molecular formula is C64H94O35S4-2. The molecule has 0 aromatic carbocycles. The molecule has 10 rings (SSSR count). The number of carboxylic acid groups (broad SMARTS) is 3. The lowest BCUT2D eigenvalue weighted by Crippen LogP contribution is -2.64. The molecule has 20 unspecified atom stereocenters. The molecule has 10 fully saturated rings. The van der Waals surface area contributed by atoms with E-state index in [9.17, 15) is 90.8 Å². The molecule has 0 amide bonds. The summed E-state index contributed by atoms with van der Waals surface area (Å²) in [5, 5.41) is 90.8. The average Bonchev–Trinajstić information content (AvgIpc) is 1.62. The van der Waals surface area contributed by atoms with Crippen molar-refractivity contribution in [1.82, 2.24) is 0 Å². The molecule has 4 bridgehead atoms. The second-order valence-electron chi connectivity index (χ2n) is 30.5. The molecule has 39 heteroatoms. The Hall–Kier alpha value is -3.86. The first-order valence-electron chi connectivity index (χ1n) is 34.4. The van der Waals surface area contributed by atoms with E-state index in [0.717, 1.165) is 43.3 Å². The Morgan fingerprint density at radius 1 is 0.583 bits per heavy atom. The highest BCUT2D eigenvalue weighted by Gasteiger charge is 2.69. The van der Waals surface area contributed by atoms with Crippen LogP contribution in [0.5, 0.6) is 0 Å². The number of hydrogen-bond donors (Lipinski definition) is 8. The van der Waals surface area contributed by atoms with Gasteiger partial charge in [0.1, 0.15) is 37.1 Å². The van der Waals surface area contributed by atoms with Crippen LogP contribution in [-0.2, 0) is 118 Å². The highest BCUT2D eigenvalue weighted by Crippen LogP contribution is 2.73. The number of carbonyl (C=O) groups excluding carboxylic acids is 3. The Morgan fingerprint density at radius 2 is 1.01 bits per heavy atom. The summed E-state index contributed by atoms with van der Waals surface area (Å²) in [6.45, 7) is 17.7. The molecular weight excluding hydrogens is 1460 g/mol. The van der Waals surface area contributed by atoms with E-state index in [2.05, 4.69) is 38.8 Å². The van der Waals surface area contributed by atoms with E-state index in [1.807, 2.05) is 20.8 Å². The molecule has 2 heterocycles. The van der Waals surface area contributed by atoms with Crippen LogP contribution >= 0.6 is 24.6 Å². The van der Waals surface area contributed by atoms with Gasteiger partial charge in [-0.3, -0.25) is 56.3 Å². The summed E-state index contributed by atoms with van der Waals surface area (Å²) >= 11 is 0.195. The minimum absolute atomic E-state index is 0.00271. The minimum atomic E-state index is -5.55. The lowest BCUT2D eigenvalue weighted by atomic mass is 9.43. The van der Waals surface area contributed by atoms with Crippen molar-refractivity contribution < 1.29 is 164 Å². The van der Waals surface area contributed by atoms with Crippen LogP contribution in [0, 0.1) is 80.8 Å². The number of ether oxygens (including phenoxy) is 7. The first kappa shape index (κ1) is 83.2. The number of hydrogen-bond acceptors (Lipinski definition) is 32. The highest BCUT2D eigenvalue weighted by atomic mass is 32.3. The van der Waals surface area contributed by atoms with Gasteiger partial charge >= 0.3 is 56.6 Å². The Morgan fingerprint density at radius 3 is 1.42 bits per heavy atom. The van der Waals surface area contributed by atoms with Crippen LogP contribution in [0.4, 0.5) is 0 Å². The minimum Gasteiger partial charge on any atom is -0.691 e. The van der Waals surface area contributed by atoms with Gasteiger partial charge in [-0.25, -0.2) is 8.37 Å². The molecule has 8 aliphatic carbocycles. The van der Waals surface area contributed by atoms with Crippen molar-refractivity contribution in [3.63, 3.8) is 0 Å². The molecule has 0 radical (unpaired) electrons. The first-order valence-corrected chi connectivity index (χ1v) is 38.5. The average molecular weight is 1550 g/mol. The van der Waals surface area contributed by atoms with Gasteiger partial charge in [0, 0.05) is 23.7 Å². The van der Waals surface area contributed by atoms with Crippen molar-refractivity contribution >= 4 is 81.3 Å². The predicted molar refractivity (Wildman–Crippen MR) is 342 cm³/mol. The third-order valence-corrected chi connectivity index (χ3v) is 25.5. The van der Waals surface area contributed by atoms with Crippen LogP contribution in [-0.4, -0.2) is 191 Å². The number of carbonyl (C=O) groups is 6.